The van der Waals surface area contributed by atoms with E-state index in [1.165, 1.54) is 51.1 Å². The number of hydrogen-bond acceptors (Lipinski definition) is 3. The molecule has 0 atom stereocenters. The van der Waals surface area contributed by atoms with Gasteiger partial charge >= 0.3 is 0 Å². The van der Waals surface area contributed by atoms with E-state index in [4.69, 9.17) is 6.57 Å². The van der Waals surface area contributed by atoms with Crippen LogP contribution in [0.4, 0.5) is 5.69 Å². The largest absolute Gasteiger partial charge is 0.319 e. The zero-order chi connectivity index (χ0) is 33.1. The number of nitrogens with zero attached hydrogens (tertiary/aromatic N) is 4. The fourth-order valence-corrected chi connectivity index (χ4v) is 10.4. The zero-order valence-electron chi connectivity index (χ0n) is 26.3. The minimum atomic E-state index is 0.491. The van der Waals surface area contributed by atoms with Gasteiger partial charge in [-0.2, -0.15) is 5.26 Å². The first-order valence-electron chi connectivity index (χ1n) is 16.4. The van der Waals surface area contributed by atoms with Crippen LogP contribution >= 0.6 is 22.7 Å². The van der Waals surface area contributed by atoms with E-state index < -0.39 is 0 Å². The molecule has 7 aromatic carbocycles. The first kappa shape index (κ1) is 27.5. The molecule has 4 heterocycles. The van der Waals surface area contributed by atoms with Gasteiger partial charge < -0.3 is 9.13 Å². The van der Waals surface area contributed by atoms with Crippen LogP contribution in [0.2, 0.25) is 0 Å². The van der Waals surface area contributed by atoms with Crippen molar-refractivity contribution in [2.24, 2.45) is 0 Å². The number of fused-ring (bicyclic) bond motifs is 14. The van der Waals surface area contributed by atoms with Crippen molar-refractivity contribution < 1.29 is 0 Å². The van der Waals surface area contributed by atoms with E-state index in [2.05, 4.69) is 129 Å². The highest BCUT2D eigenvalue weighted by molar-refractivity contribution is 7.26. The van der Waals surface area contributed by atoms with E-state index in [1.54, 1.807) is 22.7 Å². The number of thiophene rings is 2. The van der Waals surface area contributed by atoms with Crippen LogP contribution in [0.3, 0.4) is 0 Å². The summed E-state index contributed by atoms with van der Waals surface area (Å²) in [5, 5.41) is 20.4. The Hall–Kier alpha value is -6.44. The molecule has 0 aliphatic rings. The number of nitriles is 1. The van der Waals surface area contributed by atoms with Crippen LogP contribution in [0.1, 0.15) is 5.56 Å². The van der Waals surface area contributed by atoms with E-state index in [-0.39, 0.29) is 0 Å². The second kappa shape index (κ2) is 10.0. The highest BCUT2D eigenvalue weighted by Gasteiger charge is 2.23. The summed E-state index contributed by atoms with van der Waals surface area (Å²) < 4.78 is 9.34. The fourth-order valence-electron chi connectivity index (χ4n) is 8.18. The molecular weight excluding hydrogens is 649 g/mol. The first-order chi connectivity index (χ1) is 24.7. The van der Waals surface area contributed by atoms with Crippen LogP contribution in [-0.4, -0.2) is 9.13 Å². The lowest BCUT2D eigenvalue weighted by molar-refractivity contribution is 1.14. The molecule has 0 unspecified atom stereocenters. The van der Waals surface area contributed by atoms with Gasteiger partial charge in [0.05, 0.1) is 45.6 Å². The van der Waals surface area contributed by atoms with Crippen LogP contribution in [0.15, 0.2) is 133 Å². The van der Waals surface area contributed by atoms with Gasteiger partial charge in [-0.25, -0.2) is 4.85 Å². The summed E-state index contributed by atoms with van der Waals surface area (Å²) in [4.78, 5) is 4.14. The lowest BCUT2D eigenvalue weighted by Gasteiger charge is -2.16. The third-order valence-corrected chi connectivity index (χ3v) is 12.4. The van der Waals surface area contributed by atoms with Gasteiger partial charge in [0.15, 0.2) is 0 Å². The van der Waals surface area contributed by atoms with Crippen molar-refractivity contribution in [1.29, 1.82) is 5.26 Å². The molecule has 4 aromatic heterocycles. The Morgan fingerprint density at radius 2 is 0.960 bits per heavy atom. The maximum atomic E-state index is 10.8. The second-order valence-corrected chi connectivity index (χ2v) is 14.8. The molecule has 0 aliphatic heterocycles. The highest BCUT2D eigenvalue weighted by atomic mass is 32.1. The van der Waals surface area contributed by atoms with Gasteiger partial charge in [0, 0.05) is 61.9 Å². The third kappa shape index (κ3) is 3.51. The van der Waals surface area contributed by atoms with Crippen LogP contribution in [0.5, 0.6) is 0 Å². The van der Waals surface area contributed by atoms with E-state index in [1.807, 2.05) is 24.3 Å². The predicted molar refractivity (Wildman–Crippen MR) is 212 cm³/mol. The van der Waals surface area contributed by atoms with Crippen molar-refractivity contribution in [2.45, 2.75) is 0 Å². The van der Waals surface area contributed by atoms with Gasteiger partial charge in [-0.05, 0) is 60.7 Å². The van der Waals surface area contributed by atoms with Gasteiger partial charge in [0.2, 0.25) is 5.69 Å². The summed E-state index contributed by atoms with van der Waals surface area (Å²) >= 11 is 3.61. The van der Waals surface area contributed by atoms with Crippen LogP contribution < -0.4 is 0 Å². The van der Waals surface area contributed by atoms with E-state index in [9.17, 15) is 5.26 Å². The van der Waals surface area contributed by atoms with Crippen LogP contribution in [-0.2, 0) is 0 Å². The minimum absolute atomic E-state index is 0.491. The van der Waals surface area contributed by atoms with Crippen molar-refractivity contribution in [3.8, 4) is 17.4 Å². The second-order valence-electron chi connectivity index (χ2n) is 12.6. The van der Waals surface area contributed by atoms with Gasteiger partial charge in [0.25, 0.3) is 0 Å². The zero-order valence-corrected chi connectivity index (χ0v) is 27.9. The SMILES string of the molecule is [C-]#[N+]c1cc(-n2c3ccccc3c3c4c(ccc32)sc2ccccc24)c(C#N)cc1-n1c2ccccc2c2c3c(ccc21)sc1ccccc13. The number of rotatable bonds is 2. The number of hydrogen-bond donors (Lipinski definition) is 0. The summed E-state index contributed by atoms with van der Waals surface area (Å²) in [6, 6.07) is 49.1. The monoisotopic (exact) mass is 670 g/mol. The molecule has 0 aliphatic carbocycles. The summed E-state index contributed by atoms with van der Waals surface area (Å²) in [6.07, 6.45) is 0. The smallest absolute Gasteiger partial charge is 0.212 e. The van der Waals surface area contributed by atoms with Crippen LogP contribution in [0, 0.1) is 17.9 Å². The third-order valence-electron chi connectivity index (χ3n) is 10.2. The molecule has 0 saturated heterocycles. The molecule has 0 bridgehead atoms. The standard InChI is InChI=1S/C44H22N4S2/c1-46-30-23-35(47-31-14-6-2-10-26(31)41-33(47)18-20-39-43(41)28-12-4-8-16-37(28)49-39)25(24-45)22-36(30)48-32-15-7-3-11-27(32)42-34(48)19-21-40-44(42)29-13-5-9-17-38(29)50-40/h2-23H. The van der Waals surface area contributed by atoms with E-state index >= 15 is 0 Å². The Morgan fingerprint density at radius 3 is 1.48 bits per heavy atom. The van der Waals surface area contributed by atoms with Gasteiger partial charge in [-0.15, -0.1) is 22.7 Å². The van der Waals surface area contributed by atoms with Gasteiger partial charge in [0.1, 0.15) is 6.07 Å². The van der Waals surface area contributed by atoms with Crippen molar-refractivity contribution in [3.63, 3.8) is 0 Å². The molecule has 0 saturated carbocycles. The Balaban J connectivity index is 1.24. The molecule has 11 rings (SSSR count). The number of aromatic nitrogens is 2. The lowest BCUT2D eigenvalue weighted by Crippen LogP contribution is -2.01. The molecule has 6 heteroatoms. The average molecular weight is 671 g/mol. The molecule has 230 valence electrons. The van der Waals surface area contributed by atoms with Crippen LogP contribution in [0.25, 0.3) is 100 Å². The molecule has 50 heavy (non-hydrogen) atoms. The molecular formula is C44H22N4S2. The van der Waals surface area contributed by atoms with Crippen molar-refractivity contribution >= 4 is 112 Å². The molecule has 4 nitrogen and oxygen atoms in total. The summed E-state index contributed by atoms with van der Waals surface area (Å²) in [5.41, 5.74) is 6.47. The number of benzene rings is 7. The molecule has 0 fully saturated rings. The Bertz CT molecular complexity index is 3130. The Kier molecular flexibility index (Phi) is 5.52. The molecule has 0 amide bonds. The summed E-state index contributed by atoms with van der Waals surface area (Å²) in [6.45, 7) is 8.49. The van der Waals surface area contributed by atoms with E-state index in [0.29, 0.717) is 22.6 Å². The molecule has 0 N–H and O–H groups in total. The maximum absolute atomic E-state index is 10.8. The summed E-state index contributed by atoms with van der Waals surface area (Å²) in [5.74, 6) is 0. The lowest BCUT2D eigenvalue weighted by atomic mass is 10.1. The Morgan fingerprint density at radius 1 is 0.480 bits per heavy atom. The molecule has 0 radical (unpaired) electrons. The van der Waals surface area contributed by atoms with E-state index in [0.717, 1.165) is 32.8 Å². The van der Waals surface area contributed by atoms with Crippen molar-refractivity contribution in [1.82, 2.24) is 9.13 Å². The van der Waals surface area contributed by atoms with Crippen molar-refractivity contribution in [3.05, 3.63) is 150 Å². The summed E-state index contributed by atoms with van der Waals surface area (Å²) in [7, 11) is 0. The maximum Gasteiger partial charge on any atom is 0.212 e. The van der Waals surface area contributed by atoms with Crippen molar-refractivity contribution in [2.75, 3.05) is 0 Å². The normalized spacial score (nSPS) is 12.0. The highest BCUT2D eigenvalue weighted by Crippen LogP contribution is 2.47. The predicted octanol–water partition coefficient (Wildman–Crippen LogP) is 13.0. The Labute approximate surface area is 293 Å². The van der Waals surface area contributed by atoms with Gasteiger partial charge in [-0.1, -0.05) is 72.8 Å². The molecule has 11 aromatic rings. The fraction of sp³-hybridized carbons (Fsp3) is 0. The minimum Gasteiger partial charge on any atom is -0.319 e. The molecule has 0 spiro atoms. The quantitative estimate of drug-likeness (QED) is 0.169. The topological polar surface area (TPSA) is 38.0 Å². The average Bonchev–Trinajstić information content (AvgIpc) is 3.91. The number of para-hydroxylation sites is 2. The van der Waals surface area contributed by atoms with Gasteiger partial charge in [-0.3, -0.25) is 0 Å². The first-order valence-corrected chi connectivity index (χ1v) is 18.0.